The van der Waals surface area contributed by atoms with Gasteiger partial charge in [0.2, 0.25) is 0 Å². The zero-order chi connectivity index (χ0) is 13.9. The summed E-state index contributed by atoms with van der Waals surface area (Å²) in [7, 11) is 0. The van der Waals surface area contributed by atoms with Gasteiger partial charge in [-0.15, -0.1) is 0 Å². The summed E-state index contributed by atoms with van der Waals surface area (Å²) < 4.78 is 0. The van der Waals surface area contributed by atoms with Crippen molar-refractivity contribution in [1.82, 2.24) is 10.2 Å². The van der Waals surface area contributed by atoms with Crippen molar-refractivity contribution in [3.8, 4) is 0 Å². The van der Waals surface area contributed by atoms with Crippen LogP contribution in [0.2, 0.25) is 0 Å². The molecule has 0 atom stereocenters. The van der Waals surface area contributed by atoms with Crippen LogP contribution >= 0.6 is 0 Å². The Bertz CT molecular complexity index is 392. The number of hydrogen-bond donors (Lipinski definition) is 1. The van der Waals surface area contributed by atoms with E-state index in [9.17, 15) is 0 Å². The fraction of sp³-hybridized carbons (Fsp3) is 0.647. The lowest BCUT2D eigenvalue weighted by Gasteiger charge is -2.31. The highest BCUT2D eigenvalue weighted by atomic mass is 15.2. The number of nitrogens with zero attached hydrogens (tertiary/aromatic N) is 1. The molecular weight excluding hydrogens is 232 g/mol. The van der Waals surface area contributed by atoms with Crippen molar-refractivity contribution >= 4 is 0 Å². The summed E-state index contributed by atoms with van der Waals surface area (Å²) in [5, 5.41) is 3.46. The van der Waals surface area contributed by atoms with E-state index in [1.54, 1.807) is 0 Å². The van der Waals surface area contributed by atoms with Crippen LogP contribution in [0.3, 0.4) is 0 Å². The minimum absolute atomic E-state index is 0.373. The van der Waals surface area contributed by atoms with Gasteiger partial charge in [-0.2, -0.15) is 0 Å². The molecule has 2 nitrogen and oxygen atoms in total. The quantitative estimate of drug-likeness (QED) is 0.871. The maximum atomic E-state index is 3.46. The van der Waals surface area contributed by atoms with Crippen molar-refractivity contribution in [1.29, 1.82) is 0 Å². The molecular formula is C17H28N2. The maximum Gasteiger partial charge on any atom is 0.0239 e. The first-order chi connectivity index (χ1) is 8.97. The first-order valence-corrected chi connectivity index (χ1v) is 7.54. The van der Waals surface area contributed by atoms with E-state index in [-0.39, 0.29) is 0 Å². The third kappa shape index (κ3) is 4.05. The number of benzene rings is 1. The lowest BCUT2D eigenvalue weighted by Crippen LogP contribution is -2.37. The summed E-state index contributed by atoms with van der Waals surface area (Å²) in [4.78, 5) is 2.61. The molecule has 0 unspecified atom stereocenters. The summed E-state index contributed by atoms with van der Waals surface area (Å²) in [5.74, 6) is 0. The lowest BCUT2D eigenvalue weighted by molar-refractivity contribution is 0.166. The molecule has 1 saturated heterocycles. The largest absolute Gasteiger partial charge is 0.310 e. The molecule has 0 aromatic heterocycles. The van der Waals surface area contributed by atoms with E-state index in [4.69, 9.17) is 0 Å². The fourth-order valence-electron chi connectivity index (χ4n) is 2.76. The molecule has 0 saturated carbocycles. The third-order valence-electron chi connectivity index (χ3n) is 4.18. The van der Waals surface area contributed by atoms with Crippen LogP contribution in [0.5, 0.6) is 0 Å². The molecule has 1 fully saturated rings. The van der Waals surface area contributed by atoms with Crippen LogP contribution in [-0.4, -0.2) is 23.0 Å². The molecule has 1 aromatic carbocycles. The van der Waals surface area contributed by atoms with Gasteiger partial charge in [0.25, 0.3) is 0 Å². The van der Waals surface area contributed by atoms with Gasteiger partial charge in [-0.05, 0) is 44.4 Å². The Morgan fingerprint density at radius 3 is 2.32 bits per heavy atom. The molecule has 0 amide bonds. The second-order valence-electron chi connectivity index (χ2n) is 6.69. The average molecular weight is 260 g/mol. The summed E-state index contributed by atoms with van der Waals surface area (Å²) in [6.07, 6.45) is 2.66. The van der Waals surface area contributed by atoms with E-state index in [1.165, 1.54) is 30.5 Å². The molecule has 1 aliphatic heterocycles. The summed E-state index contributed by atoms with van der Waals surface area (Å²) in [5.41, 5.74) is 3.18. The smallest absolute Gasteiger partial charge is 0.0239 e. The molecule has 2 heteroatoms. The number of rotatable bonds is 5. The van der Waals surface area contributed by atoms with Crippen LogP contribution in [0.15, 0.2) is 24.3 Å². The molecule has 1 aliphatic rings. The zero-order valence-corrected chi connectivity index (χ0v) is 12.9. The molecule has 1 N–H and O–H groups in total. The highest BCUT2D eigenvalue weighted by molar-refractivity contribution is 5.22. The molecule has 1 heterocycles. The topological polar surface area (TPSA) is 15.3 Å². The molecule has 0 radical (unpaired) electrons. The van der Waals surface area contributed by atoms with Crippen molar-refractivity contribution in [2.75, 3.05) is 6.54 Å². The van der Waals surface area contributed by atoms with Gasteiger partial charge >= 0.3 is 0 Å². The molecule has 1 aromatic rings. The van der Waals surface area contributed by atoms with Gasteiger partial charge in [-0.1, -0.05) is 38.1 Å². The predicted molar refractivity (Wildman–Crippen MR) is 82.1 cm³/mol. The predicted octanol–water partition coefficient (Wildman–Crippen LogP) is 3.56. The Kier molecular flexibility index (Phi) is 4.64. The summed E-state index contributed by atoms with van der Waals surface area (Å²) in [6, 6.07) is 9.63. The van der Waals surface area contributed by atoms with Crippen LogP contribution in [0.4, 0.5) is 0 Å². The SMILES string of the molecule is CC(C)NCc1ccc(CN2CCCC2(C)C)cc1. The standard InChI is InChI=1S/C17H28N2/c1-14(2)18-12-15-6-8-16(9-7-15)13-19-11-5-10-17(19,3)4/h6-9,14,18H,5,10-13H2,1-4H3. The third-order valence-corrected chi connectivity index (χ3v) is 4.18. The van der Waals surface area contributed by atoms with Crippen LogP contribution in [0.1, 0.15) is 51.7 Å². The van der Waals surface area contributed by atoms with Gasteiger partial charge in [-0.3, -0.25) is 4.90 Å². The Morgan fingerprint density at radius 2 is 1.79 bits per heavy atom. The minimum Gasteiger partial charge on any atom is -0.310 e. The first-order valence-electron chi connectivity index (χ1n) is 7.54. The number of hydrogen-bond acceptors (Lipinski definition) is 2. The van der Waals surface area contributed by atoms with Gasteiger partial charge in [0, 0.05) is 24.7 Å². The van der Waals surface area contributed by atoms with E-state index in [0.29, 0.717) is 11.6 Å². The van der Waals surface area contributed by atoms with Crippen LogP contribution < -0.4 is 5.32 Å². The Hall–Kier alpha value is -0.860. The zero-order valence-electron chi connectivity index (χ0n) is 12.9. The van der Waals surface area contributed by atoms with E-state index >= 15 is 0 Å². The van der Waals surface area contributed by atoms with Crippen molar-refractivity contribution in [3.63, 3.8) is 0 Å². The molecule has 19 heavy (non-hydrogen) atoms. The number of likely N-dealkylation sites (tertiary alicyclic amines) is 1. The van der Waals surface area contributed by atoms with E-state index < -0.39 is 0 Å². The second-order valence-corrected chi connectivity index (χ2v) is 6.69. The Morgan fingerprint density at radius 1 is 1.16 bits per heavy atom. The molecule has 0 bridgehead atoms. The second kappa shape index (κ2) is 6.06. The van der Waals surface area contributed by atoms with E-state index in [2.05, 4.69) is 62.2 Å². The van der Waals surface area contributed by atoms with Gasteiger partial charge in [-0.25, -0.2) is 0 Å². The Balaban J connectivity index is 1.91. The van der Waals surface area contributed by atoms with Crippen LogP contribution in [0, 0.1) is 0 Å². The van der Waals surface area contributed by atoms with E-state index in [1.807, 2.05) is 0 Å². The monoisotopic (exact) mass is 260 g/mol. The van der Waals surface area contributed by atoms with E-state index in [0.717, 1.165) is 13.1 Å². The van der Waals surface area contributed by atoms with Crippen molar-refractivity contribution in [3.05, 3.63) is 35.4 Å². The van der Waals surface area contributed by atoms with Crippen molar-refractivity contribution < 1.29 is 0 Å². The Labute approximate surface area is 118 Å². The van der Waals surface area contributed by atoms with Gasteiger partial charge in [0.1, 0.15) is 0 Å². The maximum absolute atomic E-state index is 3.46. The summed E-state index contributed by atoms with van der Waals surface area (Å²) >= 11 is 0. The molecule has 106 valence electrons. The van der Waals surface area contributed by atoms with Crippen molar-refractivity contribution in [2.24, 2.45) is 0 Å². The van der Waals surface area contributed by atoms with Crippen molar-refractivity contribution in [2.45, 2.75) is 65.2 Å². The average Bonchev–Trinajstić information content (AvgIpc) is 2.68. The number of nitrogens with one attached hydrogen (secondary N) is 1. The lowest BCUT2D eigenvalue weighted by atomic mass is 10.0. The molecule has 2 rings (SSSR count). The summed E-state index contributed by atoms with van der Waals surface area (Å²) in [6.45, 7) is 12.4. The van der Waals surface area contributed by atoms with Crippen LogP contribution in [0.25, 0.3) is 0 Å². The van der Waals surface area contributed by atoms with Gasteiger partial charge in [0.15, 0.2) is 0 Å². The minimum atomic E-state index is 0.373. The molecule has 0 aliphatic carbocycles. The van der Waals surface area contributed by atoms with Gasteiger partial charge < -0.3 is 5.32 Å². The van der Waals surface area contributed by atoms with Crippen LogP contribution in [-0.2, 0) is 13.1 Å². The highest BCUT2D eigenvalue weighted by Crippen LogP contribution is 2.29. The van der Waals surface area contributed by atoms with Gasteiger partial charge in [0.05, 0.1) is 0 Å². The fourth-order valence-corrected chi connectivity index (χ4v) is 2.76. The first kappa shape index (κ1) is 14.5. The normalized spacial score (nSPS) is 19.2. The highest BCUT2D eigenvalue weighted by Gasteiger charge is 2.31. The molecule has 0 spiro atoms.